The van der Waals surface area contributed by atoms with Gasteiger partial charge < -0.3 is 5.32 Å². The van der Waals surface area contributed by atoms with Crippen molar-refractivity contribution in [3.63, 3.8) is 0 Å². The highest BCUT2D eigenvalue weighted by atomic mass is 15.2. The van der Waals surface area contributed by atoms with E-state index in [1.807, 2.05) is 0 Å². The Kier molecular flexibility index (Phi) is 2.52. The molecule has 4 aliphatic carbocycles. The molecule has 0 aromatic rings. The molecule has 0 amide bonds. The first-order valence-electron chi connectivity index (χ1n) is 7.80. The lowest BCUT2D eigenvalue weighted by molar-refractivity contribution is -0.0865. The summed E-state index contributed by atoms with van der Waals surface area (Å²) >= 11 is 0. The molecule has 2 nitrogen and oxygen atoms in total. The second kappa shape index (κ2) is 3.96. The lowest BCUT2D eigenvalue weighted by Crippen LogP contribution is -2.60. The van der Waals surface area contributed by atoms with Crippen LogP contribution in [0.3, 0.4) is 0 Å². The molecule has 4 saturated carbocycles. The Morgan fingerprint density at radius 3 is 2.12 bits per heavy atom. The van der Waals surface area contributed by atoms with Gasteiger partial charge in [0.15, 0.2) is 0 Å². The summed E-state index contributed by atoms with van der Waals surface area (Å²) in [5.41, 5.74) is 0.654. The van der Waals surface area contributed by atoms with E-state index >= 15 is 0 Å². The molecule has 17 heavy (non-hydrogen) atoms. The molecule has 4 bridgehead atoms. The summed E-state index contributed by atoms with van der Waals surface area (Å²) in [6.45, 7) is 5.13. The van der Waals surface area contributed by atoms with Crippen LogP contribution in [0.1, 0.15) is 44.9 Å². The maximum atomic E-state index is 3.57. The van der Waals surface area contributed by atoms with Gasteiger partial charge in [-0.1, -0.05) is 0 Å². The van der Waals surface area contributed by atoms with E-state index in [-0.39, 0.29) is 0 Å². The average Bonchev–Trinajstić information content (AvgIpc) is 2.55. The molecule has 1 heterocycles. The number of rotatable bonds is 1. The normalized spacial score (nSPS) is 50.5. The maximum Gasteiger partial charge on any atom is 0.0218 e. The van der Waals surface area contributed by atoms with Crippen LogP contribution in [0.5, 0.6) is 0 Å². The van der Waals surface area contributed by atoms with Crippen molar-refractivity contribution < 1.29 is 0 Å². The summed E-state index contributed by atoms with van der Waals surface area (Å²) < 4.78 is 0. The average molecular weight is 234 g/mol. The van der Waals surface area contributed by atoms with Gasteiger partial charge in [0.1, 0.15) is 0 Å². The van der Waals surface area contributed by atoms with Crippen molar-refractivity contribution in [3.8, 4) is 0 Å². The predicted molar refractivity (Wildman–Crippen MR) is 70.0 cm³/mol. The second-order valence-corrected chi connectivity index (χ2v) is 7.23. The first-order valence-corrected chi connectivity index (χ1v) is 7.80. The number of nitrogens with one attached hydrogen (secondary N) is 1. The molecular weight excluding hydrogens is 208 g/mol. The largest absolute Gasteiger partial charge is 0.315 e. The highest BCUT2D eigenvalue weighted by Gasteiger charge is 2.53. The Morgan fingerprint density at radius 1 is 0.824 bits per heavy atom. The molecule has 5 fully saturated rings. The van der Waals surface area contributed by atoms with E-state index in [0.717, 1.165) is 17.8 Å². The van der Waals surface area contributed by atoms with Crippen LogP contribution < -0.4 is 5.32 Å². The Morgan fingerprint density at radius 2 is 1.47 bits per heavy atom. The molecule has 0 spiro atoms. The van der Waals surface area contributed by atoms with E-state index in [9.17, 15) is 0 Å². The van der Waals surface area contributed by atoms with E-state index in [2.05, 4.69) is 10.2 Å². The van der Waals surface area contributed by atoms with E-state index in [4.69, 9.17) is 0 Å². The molecule has 2 heteroatoms. The van der Waals surface area contributed by atoms with Crippen LogP contribution >= 0.6 is 0 Å². The quantitative estimate of drug-likeness (QED) is 0.748. The summed E-state index contributed by atoms with van der Waals surface area (Å²) in [7, 11) is 0. The van der Waals surface area contributed by atoms with Gasteiger partial charge in [-0.05, 0) is 75.8 Å². The molecule has 0 radical (unpaired) electrons. The fraction of sp³-hybridized carbons (Fsp3) is 1.00. The van der Waals surface area contributed by atoms with Crippen molar-refractivity contribution in [1.82, 2.24) is 10.2 Å². The van der Waals surface area contributed by atoms with Crippen LogP contribution in [0.15, 0.2) is 0 Å². The first kappa shape index (κ1) is 10.8. The molecule has 0 atom stereocenters. The first-order chi connectivity index (χ1) is 8.34. The fourth-order valence-electron chi connectivity index (χ4n) is 5.77. The topological polar surface area (TPSA) is 15.3 Å². The van der Waals surface area contributed by atoms with E-state index in [0.29, 0.717) is 5.54 Å². The van der Waals surface area contributed by atoms with E-state index in [1.165, 1.54) is 32.6 Å². The SMILES string of the molecule is C1CNCCN(C23CC4CC(CC(C4)C2)C3)C1. The summed E-state index contributed by atoms with van der Waals surface area (Å²) in [4.78, 5) is 2.90. The highest BCUT2D eigenvalue weighted by molar-refractivity contribution is 5.07. The van der Waals surface area contributed by atoms with Crippen molar-refractivity contribution in [2.75, 3.05) is 26.2 Å². The molecule has 1 saturated heterocycles. The fourth-order valence-corrected chi connectivity index (χ4v) is 5.77. The predicted octanol–water partition coefficient (Wildman–Crippen LogP) is 2.25. The van der Waals surface area contributed by atoms with Crippen molar-refractivity contribution >= 4 is 0 Å². The van der Waals surface area contributed by atoms with Crippen LogP contribution in [0.4, 0.5) is 0 Å². The van der Waals surface area contributed by atoms with Gasteiger partial charge in [0.2, 0.25) is 0 Å². The Labute approximate surface area is 105 Å². The Hall–Kier alpha value is -0.0800. The molecule has 1 aliphatic heterocycles. The van der Waals surface area contributed by atoms with Gasteiger partial charge in [-0.25, -0.2) is 0 Å². The second-order valence-electron chi connectivity index (χ2n) is 7.23. The summed E-state index contributed by atoms with van der Waals surface area (Å²) in [6.07, 6.45) is 10.7. The van der Waals surface area contributed by atoms with Crippen LogP contribution in [0.25, 0.3) is 0 Å². The van der Waals surface area contributed by atoms with Crippen molar-refractivity contribution in [1.29, 1.82) is 0 Å². The minimum atomic E-state index is 0.654. The molecular formula is C15H26N2. The third-order valence-electron chi connectivity index (χ3n) is 6.02. The third-order valence-corrected chi connectivity index (χ3v) is 6.02. The summed E-state index contributed by atoms with van der Waals surface area (Å²) in [5, 5.41) is 3.57. The number of hydrogen-bond acceptors (Lipinski definition) is 2. The molecule has 5 aliphatic rings. The van der Waals surface area contributed by atoms with E-state index < -0.39 is 0 Å². The standard InChI is InChI=1S/C15H26N2/c1-2-16-3-5-17(4-1)15-9-12-6-13(10-15)8-14(7-12)11-15/h12-14,16H,1-11H2. The third kappa shape index (κ3) is 1.76. The summed E-state index contributed by atoms with van der Waals surface area (Å²) in [6, 6.07) is 0. The minimum absolute atomic E-state index is 0.654. The zero-order chi connectivity index (χ0) is 11.3. The lowest BCUT2D eigenvalue weighted by Gasteiger charge is -2.60. The minimum Gasteiger partial charge on any atom is -0.315 e. The Balaban J connectivity index is 1.58. The monoisotopic (exact) mass is 234 g/mol. The van der Waals surface area contributed by atoms with Crippen molar-refractivity contribution in [3.05, 3.63) is 0 Å². The zero-order valence-electron chi connectivity index (χ0n) is 11.0. The van der Waals surface area contributed by atoms with Crippen LogP contribution in [-0.4, -0.2) is 36.6 Å². The van der Waals surface area contributed by atoms with Gasteiger partial charge in [-0.15, -0.1) is 0 Å². The number of hydrogen-bond donors (Lipinski definition) is 1. The summed E-state index contributed by atoms with van der Waals surface area (Å²) in [5.74, 6) is 3.28. The highest BCUT2D eigenvalue weighted by Crippen LogP contribution is 2.57. The van der Waals surface area contributed by atoms with Gasteiger partial charge in [0.25, 0.3) is 0 Å². The van der Waals surface area contributed by atoms with Gasteiger partial charge >= 0.3 is 0 Å². The number of nitrogens with zero attached hydrogens (tertiary/aromatic N) is 1. The maximum absolute atomic E-state index is 3.57. The van der Waals surface area contributed by atoms with Crippen molar-refractivity contribution in [2.45, 2.75) is 50.5 Å². The molecule has 0 unspecified atom stereocenters. The molecule has 0 aromatic carbocycles. The zero-order valence-corrected chi connectivity index (χ0v) is 11.0. The van der Waals surface area contributed by atoms with E-state index in [1.54, 1.807) is 38.5 Å². The van der Waals surface area contributed by atoms with Gasteiger partial charge in [0, 0.05) is 18.6 Å². The van der Waals surface area contributed by atoms with Gasteiger partial charge in [0.05, 0.1) is 0 Å². The smallest absolute Gasteiger partial charge is 0.0218 e. The van der Waals surface area contributed by atoms with Gasteiger partial charge in [-0.3, -0.25) is 4.90 Å². The molecule has 0 aromatic heterocycles. The van der Waals surface area contributed by atoms with Crippen LogP contribution in [0.2, 0.25) is 0 Å². The lowest BCUT2D eigenvalue weighted by atomic mass is 9.52. The van der Waals surface area contributed by atoms with Crippen LogP contribution in [0, 0.1) is 17.8 Å². The van der Waals surface area contributed by atoms with Crippen molar-refractivity contribution in [2.24, 2.45) is 17.8 Å². The van der Waals surface area contributed by atoms with Crippen LogP contribution in [-0.2, 0) is 0 Å². The molecule has 96 valence electrons. The molecule has 1 N–H and O–H groups in total. The molecule has 5 rings (SSSR count). The van der Waals surface area contributed by atoms with Gasteiger partial charge in [-0.2, -0.15) is 0 Å². The Bertz CT molecular complexity index is 256.